The molecule has 0 unspecified atom stereocenters. The second-order valence-electron chi connectivity index (χ2n) is 6.47. The lowest BCUT2D eigenvalue weighted by atomic mass is 10.1. The first-order valence-electron chi connectivity index (χ1n) is 8.32. The van der Waals surface area contributed by atoms with Gasteiger partial charge in [0.15, 0.2) is 0 Å². The maximum atomic E-state index is 12.4. The highest BCUT2D eigenvalue weighted by molar-refractivity contribution is 7.89. The van der Waals surface area contributed by atoms with E-state index in [1.165, 1.54) is 25.0 Å². The second kappa shape index (κ2) is 7.93. The summed E-state index contributed by atoms with van der Waals surface area (Å²) in [4.78, 5) is 12.5. The van der Waals surface area contributed by atoms with Crippen molar-refractivity contribution in [2.75, 3.05) is 0 Å². The number of hydrogen-bond donors (Lipinski definition) is 2. The zero-order valence-electron chi connectivity index (χ0n) is 13.8. The van der Waals surface area contributed by atoms with Gasteiger partial charge in [-0.3, -0.25) is 4.79 Å². The van der Waals surface area contributed by atoms with Gasteiger partial charge in [-0.25, -0.2) is 13.1 Å². The summed E-state index contributed by atoms with van der Waals surface area (Å²) < 4.78 is 27.0. The predicted octanol–water partition coefficient (Wildman–Crippen LogP) is 2.83. The first-order chi connectivity index (χ1) is 10.9. The monoisotopic (exact) mass is 338 g/mol. The van der Waals surface area contributed by atoms with Gasteiger partial charge in [-0.05, 0) is 44.9 Å². The van der Waals surface area contributed by atoms with Crippen LogP contribution in [0.1, 0.15) is 62.7 Å². The van der Waals surface area contributed by atoms with Crippen molar-refractivity contribution in [3.8, 4) is 0 Å². The van der Waals surface area contributed by atoms with Crippen molar-refractivity contribution in [3.63, 3.8) is 0 Å². The minimum absolute atomic E-state index is 0.125. The maximum Gasteiger partial charge on any atom is 0.251 e. The van der Waals surface area contributed by atoms with Crippen molar-refractivity contribution in [3.05, 3.63) is 29.8 Å². The van der Waals surface area contributed by atoms with E-state index in [0.717, 1.165) is 25.7 Å². The predicted molar refractivity (Wildman–Crippen MR) is 90.9 cm³/mol. The molecule has 128 valence electrons. The summed E-state index contributed by atoms with van der Waals surface area (Å²) in [5.41, 5.74) is 0.390. The van der Waals surface area contributed by atoms with E-state index in [1.807, 2.05) is 0 Å². The van der Waals surface area contributed by atoms with Crippen LogP contribution in [0, 0.1) is 0 Å². The number of sulfonamides is 1. The fraction of sp³-hybridized carbons (Fsp3) is 0.588. The highest BCUT2D eigenvalue weighted by Crippen LogP contribution is 2.18. The Kier molecular flexibility index (Phi) is 6.18. The summed E-state index contributed by atoms with van der Waals surface area (Å²) in [6, 6.07) is 6.21. The van der Waals surface area contributed by atoms with E-state index < -0.39 is 10.0 Å². The van der Waals surface area contributed by atoms with E-state index in [9.17, 15) is 13.2 Å². The number of carbonyl (C=O) groups is 1. The largest absolute Gasteiger partial charge is 0.349 e. The molecule has 0 aliphatic heterocycles. The van der Waals surface area contributed by atoms with Crippen molar-refractivity contribution in [1.29, 1.82) is 0 Å². The molecule has 1 aliphatic rings. The second-order valence-corrected chi connectivity index (χ2v) is 8.18. The molecule has 1 aromatic carbocycles. The molecule has 0 heterocycles. The molecular weight excluding hydrogens is 312 g/mol. The number of nitrogens with one attached hydrogen (secondary N) is 2. The average molecular weight is 338 g/mol. The van der Waals surface area contributed by atoms with Crippen LogP contribution >= 0.6 is 0 Å². The molecule has 1 saturated carbocycles. The average Bonchev–Trinajstić information content (AvgIpc) is 2.75. The van der Waals surface area contributed by atoms with Crippen LogP contribution in [0.25, 0.3) is 0 Å². The molecule has 5 nitrogen and oxygen atoms in total. The zero-order chi connectivity index (χ0) is 16.9. The van der Waals surface area contributed by atoms with E-state index in [2.05, 4.69) is 10.0 Å². The van der Waals surface area contributed by atoms with E-state index in [4.69, 9.17) is 0 Å². The van der Waals surface area contributed by atoms with Gasteiger partial charge in [-0.2, -0.15) is 0 Å². The summed E-state index contributed by atoms with van der Waals surface area (Å²) >= 11 is 0. The standard InChI is InChI=1S/C17H26N2O3S/c1-13(2)19-23(21,22)16-11-7-8-14(12-16)17(20)18-15-9-5-3-4-6-10-15/h7-8,11-13,15,19H,3-6,9-10H2,1-2H3,(H,18,20). The summed E-state index contributed by atoms with van der Waals surface area (Å²) in [5, 5.41) is 3.04. The van der Waals surface area contributed by atoms with Crippen LogP contribution < -0.4 is 10.0 Å². The molecule has 1 aromatic rings. The summed E-state index contributed by atoms with van der Waals surface area (Å²) in [7, 11) is -3.58. The molecule has 2 N–H and O–H groups in total. The van der Waals surface area contributed by atoms with Gasteiger partial charge in [-0.1, -0.05) is 31.7 Å². The molecule has 0 spiro atoms. The molecule has 1 fully saturated rings. The number of hydrogen-bond acceptors (Lipinski definition) is 3. The Morgan fingerprint density at radius 2 is 1.78 bits per heavy atom. The molecule has 23 heavy (non-hydrogen) atoms. The first kappa shape index (κ1) is 17.9. The number of rotatable bonds is 5. The van der Waals surface area contributed by atoms with Crippen LogP contribution in [0.15, 0.2) is 29.2 Å². The minimum Gasteiger partial charge on any atom is -0.349 e. The van der Waals surface area contributed by atoms with Gasteiger partial charge in [0.2, 0.25) is 10.0 Å². The molecule has 1 aliphatic carbocycles. The van der Waals surface area contributed by atoms with Crippen molar-refractivity contribution >= 4 is 15.9 Å². The normalized spacial score (nSPS) is 17.0. The maximum absolute atomic E-state index is 12.4. The van der Waals surface area contributed by atoms with Crippen molar-refractivity contribution in [1.82, 2.24) is 10.0 Å². The molecule has 0 aromatic heterocycles. The third-order valence-electron chi connectivity index (χ3n) is 3.99. The zero-order valence-corrected chi connectivity index (χ0v) is 14.7. The molecule has 0 atom stereocenters. The van der Waals surface area contributed by atoms with Crippen LogP contribution in [-0.2, 0) is 10.0 Å². The lowest BCUT2D eigenvalue weighted by molar-refractivity contribution is 0.0933. The number of carbonyl (C=O) groups excluding carboxylic acids is 1. The Labute approximate surface area is 138 Å². The third kappa shape index (κ3) is 5.32. The Morgan fingerprint density at radius 3 is 2.39 bits per heavy atom. The first-order valence-corrected chi connectivity index (χ1v) is 9.80. The van der Waals surface area contributed by atoms with Crippen LogP contribution in [0.2, 0.25) is 0 Å². The smallest absolute Gasteiger partial charge is 0.251 e. The van der Waals surface area contributed by atoms with Crippen LogP contribution in [0.3, 0.4) is 0 Å². The van der Waals surface area contributed by atoms with Crippen molar-refractivity contribution in [2.24, 2.45) is 0 Å². The summed E-state index contributed by atoms with van der Waals surface area (Å²) in [5.74, 6) is -0.196. The van der Waals surface area contributed by atoms with Gasteiger partial charge in [0, 0.05) is 17.6 Å². The highest BCUT2D eigenvalue weighted by Gasteiger charge is 2.19. The van der Waals surface area contributed by atoms with Crippen LogP contribution in [0.4, 0.5) is 0 Å². The summed E-state index contributed by atoms with van der Waals surface area (Å²) in [6.07, 6.45) is 6.72. The lowest BCUT2D eigenvalue weighted by Crippen LogP contribution is -2.34. The minimum atomic E-state index is -3.58. The molecule has 2 rings (SSSR count). The van der Waals surface area contributed by atoms with E-state index in [-0.39, 0.29) is 22.9 Å². The van der Waals surface area contributed by atoms with Gasteiger partial charge >= 0.3 is 0 Å². The van der Waals surface area contributed by atoms with Gasteiger partial charge in [0.25, 0.3) is 5.91 Å². The molecule has 6 heteroatoms. The van der Waals surface area contributed by atoms with E-state index in [0.29, 0.717) is 5.56 Å². The van der Waals surface area contributed by atoms with E-state index in [1.54, 1.807) is 26.0 Å². The lowest BCUT2D eigenvalue weighted by Gasteiger charge is -2.16. The molecule has 0 saturated heterocycles. The number of benzene rings is 1. The Morgan fingerprint density at radius 1 is 1.13 bits per heavy atom. The SMILES string of the molecule is CC(C)NS(=O)(=O)c1cccc(C(=O)NC2CCCCCC2)c1. The van der Waals surface area contributed by atoms with E-state index >= 15 is 0 Å². The van der Waals surface area contributed by atoms with Crippen molar-refractivity contribution in [2.45, 2.75) is 69.4 Å². The fourth-order valence-electron chi connectivity index (χ4n) is 2.88. The fourth-order valence-corrected chi connectivity index (χ4v) is 4.17. The van der Waals surface area contributed by atoms with Crippen molar-refractivity contribution < 1.29 is 13.2 Å². The molecular formula is C17H26N2O3S. The molecule has 0 bridgehead atoms. The van der Waals surface area contributed by atoms with Gasteiger partial charge in [0.1, 0.15) is 0 Å². The van der Waals surface area contributed by atoms with Gasteiger partial charge < -0.3 is 5.32 Å². The van der Waals surface area contributed by atoms with Crippen LogP contribution in [0.5, 0.6) is 0 Å². The van der Waals surface area contributed by atoms with Gasteiger partial charge in [0.05, 0.1) is 4.90 Å². The highest BCUT2D eigenvalue weighted by atomic mass is 32.2. The number of amides is 1. The quantitative estimate of drug-likeness (QED) is 0.811. The third-order valence-corrected chi connectivity index (χ3v) is 5.64. The molecule has 0 radical (unpaired) electrons. The Balaban J connectivity index is 2.10. The Bertz CT molecular complexity index is 633. The van der Waals surface area contributed by atoms with Crippen LogP contribution in [-0.4, -0.2) is 26.4 Å². The summed E-state index contributed by atoms with van der Waals surface area (Å²) in [6.45, 7) is 3.53. The molecule has 1 amide bonds. The topological polar surface area (TPSA) is 75.3 Å². The Hall–Kier alpha value is -1.40. The van der Waals surface area contributed by atoms with Gasteiger partial charge in [-0.15, -0.1) is 0 Å².